The molecule has 0 amide bonds. The van der Waals surface area contributed by atoms with E-state index in [2.05, 4.69) is 0 Å². The molecular weight excluding hydrogens is 128 g/mol. The van der Waals surface area contributed by atoms with E-state index in [1.807, 2.05) is 0 Å². The van der Waals surface area contributed by atoms with Crippen LogP contribution in [0.4, 0.5) is 0 Å². The van der Waals surface area contributed by atoms with Crippen molar-refractivity contribution in [3.8, 4) is 0 Å². The summed E-state index contributed by atoms with van der Waals surface area (Å²) in [7, 11) is 0. The Morgan fingerprint density at radius 2 is 2.38 bits per heavy atom. The molecule has 0 aromatic carbocycles. The third-order valence-electron chi connectivity index (χ3n) is 0.642. The zero-order chi connectivity index (χ0) is 6.57. The summed E-state index contributed by atoms with van der Waals surface area (Å²) in [4.78, 5) is 9.84. The highest BCUT2D eigenvalue weighted by Crippen LogP contribution is 2.07. The monoisotopic (exact) mass is 136 g/mol. The van der Waals surface area contributed by atoms with Gasteiger partial charge in [0.05, 0.1) is 6.42 Å². The Morgan fingerprint density at radius 1 is 1.88 bits per heavy atom. The Labute approximate surface area is 51.9 Å². The number of carbonyl (C=O) groups is 1. The molecule has 0 radical (unpaired) electrons. The first-order chi connectivity index (χ1) is 3.66. The molecule has 48 valence electrons. The van der Waals surface area contributed by atoms with Gasteiger partial charge in [0, 0.05) is 5.25 Å². The average molecular weight is 136 g/mol. The molecule has 2 N–H and O–H groups in total. The first kappa shape index (κ1) is 7.78. The summed E-state index contributed by atoms with van der Waals surface area (Å²) in [5.74, 6) is -0.876. The van der Waals surface area contributed by atoms with Gasteiger partial charge in [0.25, 0.3) is 0 Å². The summed E-state index contributed by atoms with van der Waals surface area (Å²) in [6, 6.07) is 0. The van der Waals surface area contributed by atoms with Gasteiger partial charge in [-0.15, -0.1) is 0 Å². The van der Waals surface area contributed by atoms with Crippen LogP contribution in [0.2, 0.25) is 0 Å². The van der Waals surface area contributed by atoms with Crippen molar-refractivity contribution in [2.75, 3.05) is 0 Å². The topological polar surface area (TPSA) is 57.5 Å². The van der Waals surface area contributed by atoms with Gasteiger partial charge in [0.15, 0.2) is 0 Å². The second-order valence-corrected chi connectivity index (χ2v) is 2.53. The van der Waals surface area contributed by atoms with Gasteiger partial charge < -0.3 is 9.66 Å². The van der Waals surface area contributed by atoms with Crippen molar-refractivity contribution in [1.29, 1.82) is 0 Å². The number of hydrogen-bond acceptors (Lipinski definition) is 3. The number of carboxylic acid groups (broad SMARTS) is 1. The van der Waals surface area contributed by atoms with Crippen molar-refractivity contribution >= 4 is 18.0 Å². The summed E-state index contributed by atoms with van der Waals surface area (Å²) in [6.45, 7) is 1.65. The lowest BCUT2D eigenvalue weighted by Gasteiger charge is -1.98. The summed E-state index contributed by atoms with van der Waals surface area (Å²) < 4.78 is 8.24. The van der Waals surface area contributed by atoms with Crippen molar-refractivity contribution in [2.45, 2.75) is 18.6 Å². The van der Waals surface area contributed by atoms with E-state index in [1.54, 1.807) is 6.92 Å². The third-order valence-corrected chi connectivity index (χ3v) is 1.17. The number of aliphatic carboxylic acids is 1. The van der Waals surface area contributed by atoms with Crippen LogP contribution in [-0.2, 0) is 4.79 Å². The fourth-order valence-corrected chi connectivity index (χ4v) is 0.500. The minimum Gasteiger partial charge on any atom is -0.481 e. The largest absolute Gasteiger partial charge is 0.481 e. The highest BCUT2D eigenvalue weighted by molar-refractivity contribution is 7.94. The van der Waals surface area contributed by atoms with Gasteiger partial charge in [-0.1, -0.05) is 6.92 Å². The molecule has 0 heterocycles. The Kier molecular flexibility index (Phi) is 3.64. The maximum atomic E-state index is 9.84. The van der Waals surface area contributed by atoms with Gasteiger partial charge in [-0.05, 0) is 12.0 Å². The highest BCUT2D eigenvalue weighted by atomic mass is 32.2. The molecule has 0 fully saturated rings. The van der Waals surface area contributed by atoms with Crippen molar-refractivity contribution in [1.82, 2.24) is 0 Å². The van der Waals surface area contributed by atoms with E-state index in [0.29, 0.717) is 12.0 Å². The first-order valence-corrected chi connectivity index (χ1v) is 3.02. The van der Waals surface area contributed by atoms with E-state index in [0.717, 1.165) is 0 Å². The lowest BCUT2D eigenvalue weighted by molar-refractivity contribution is -0.136. The van der Waals surface area contributed by atoms with Crippen LogP contribution in [-0.4, -0.2) is 20.9 Å². The Hall–Kier alpha value is -0.220. The third kappa shape index (κ3) is 3.95. The quantitative estimate of drug-likeness (QED) is 0.569. The van der Waals surface area contributed by atoms with Crippen LogP contribution in [0.1, 0.15) is 13.3 Å². The summed E-state index contributed by atoms with van der Waals surface area (Å²) in [5, 5.41) is 7.89. The molecule has 4 heteroatoms. The minimum atomic E-state index is -0.876. The molecule has 0 aliphatic heterocycles. The van der Waals surface area contributed by atoms with Crippen LogP contribution in [0.25, 0.3) is 0 Å². The highest BCUT2D eigenvalue weighted by Gasteiger charge is 2.05. The number of hydrogen-bond donors (Lipinski definition) is 2. The SMILES string of the molecule is C[C@H](CC(=O)O)SO. The maximum absolute atomic E-state index is 9.84. The lowest BCUT2D eigenvalue weighted by atomic mass is 10.3. The van der Waals surface area contributed by atoms with Crippen LogP contribution in [0.3, 0.4) is 0 Å². The fourth-order valence-electron chi connectivity index (χ4n) is 0.283. The Morgan fingerprint density at radius 3 is 2.50 bits per heavy atom. The molecule has 0 aliphatic carbocycles. The lowest BCUT2D eigenvalue weighted by Crippen LogP contribution is -2.04. The number of carboxylic acids is 1. The van der Waals surface area contributed by atoms with Crippen molar-refractivity contribution in [3.63, 3.8) is 0 Å². The van der Waals surface area contributed by atoms with E-state index in [4.69, 9.17) is 9.66 Å². The molecule has 0 aliphatic rings. The molecular formula is C4H8O3S. The molecule has 8 heavy (non-hydrogen) atoms. The zero-order valence-corrected chi connectivity index (χ0v) is 5.31. The van der Waals surface area contributed by atoms with Gasteiger partial charge in [-0.25, -0.2) is 0 Å². The van der Waals surface area contributed by atoms with Gasteiger partial charge in [-0.2, -0.15) is 0 Å². The van der Waals surface area contributed by atoms with Crippen molar-refractivity contribution in [3.05, 3.63) is 0 Å². The van der Waals surface area contributed by atoms with E-state index in [9.17, 15) is 4.79 Å². The van der Waals surface area contributed by atoms with Crippen LogP contribution < -0.4 is 0 Å². The average Bonchev–Trinajstić information content (AvgIpc) is 1.65. The molecule has 3 nitrogen and oxygen atoms in total. The van der Waals surface area contributed by atoms with Crippen LogP contribution >= 0.6 is 12.0 Å². The Balaban J connectivity index is 3.24. The normalized spacial score (nSPS) is 13.2. The van der Waals surface area contributed by atoms with Crippen molar-refractivity contribution in [2.24, 2.45) is 0 Å². The van der Waals surface area contributed by atoms with E-state index in [-0.39, 0.29) is 11.7 Å². The standard InChI is InChI=1S/C4H8O3S/c1-3(8-7)2-4(5)6/h3,7H,2H2,1H3,(H,5,6)/t3-/m1/s1. The van der Waals surface area contributed by atoms with E-state index >= 15 is 0 Å². The van der Waals surface area contributed by atoms with Crippen LogP contribution in [0.5, 0.6) is 0 Å². The first-order valence-electron chi connectivity index (χ1n) is 2.19. The van der Waals surface area contributed by atoms with Gasteiger partial charge in [0.1, 0.15) is 0 Å². The molecule has 0 rings (SSSR count). The van der Waals surface area contributed by atoms with Gasteiger partial charge in [0.2, 0.25) is 0 Å². The smallest absolute Gasteiger partial charge is 0.304 e. The summed E-state index contributed by atoms with van der Waals surface area (Å²) in [5.41, 5.74) is 0. The molecule has 0 spiro atoms. The fraction of sp³-hybridized carbons (Fsp3) is 0.750. The van der Waals surface area contributed by atoms with E-state index in [1.165, 1.54) is 0 Å². The number of rotatable bonds is 3. The Bertz CT molecular complexity index is 83.4. The van der Waals surface area contributed by atoms with Crippen LogP contribution in [0.15, 0.2) is 0 Å². The minimum absolute atomic E-state index is 0.0150. The molecule has 1 atom stereocenters. The predicted molar refractivity (Wildman–Crippen MR) is 31.9 cm³/mol. The molecule has 0 aromatic rings. The van der Waals surface area contributed by atoms with Crippen molar-refractivity contribution < 1.29 is 14.5 Å². The summed E-state index contributed by atoms with van der Waals surface area (Å²) >= 11 is 0.572. The van der Waals surface area contributed by atoms with E-state index < -0.39 is 5.97 Å². The molecule has 0 saturated carbocycles. The second-order valence-electron chi connectivity index (χ2n) is 1.51. The van der Waals surface area contributed by atoms with Crippen LogP contribution in [0, 0.1) is 0 Å². The molecule has 0 saturated heterocycles. The second kappa shape index (κ2) is 3.74. The van der Waals surface area contributed by atoms with Gasteiger partial charge >= 0.3 is 5.97 Å². The maximum Gasteiger partial charge on any atom is 0.304 e. The molecule has 0 unspecified atom stereocenters. The summed E-state index contributed by atoms with van der Waals surface area (Å²) in [6.07, 6.45) is 0.0150. The molecule has 0 bridgehead atoms. The predicted octanol–water partition coefficient (Wildman–Crippen LogP) is 1.06. The van der Waals surface area contributed by atoms with Gasteiger partial charge in [-0.3, -0.25) is 4.79 Å². The zero-order valence-electron chi connectivity index (χ0n) is 4.50. The molecule has 0 aromatic heterocycles.